The number of nitrogens with one attached hydrogen (secondary N) is 1. The van der Waals surface area contributed by atoms with E-state index in [1.165, 1.54) is 13.3 Å². The lowest BCUT2D eigenvalue weighted by molar-refractivity contribution is 0.0943. The zero-order chi connectivity index (χ0) is 25.4. The number of alkyl halides is 1. The minimum absolute atomic E-state index is 0.0716. The number of aromatic nitrogens is 5. The van der Waals surface area contributed by atoms with Crippen LogP contribution in [0.3, 0.4) is 0 Å². The molecule has 0 radical (unpaired) electrons. The van der Waals surface area contributed by atoms with Gasteiger partial charge in [0.05, 0.1) is 17.3 Å². The van der Waals surface area contributed by atoms with E-state index >= 15 is 0 Å². The normalized spacial score (nSPS) is 15.0. The van der Waals surface area contributed by atoms with Gasteiger partial charge in [0.1, 0.15) is 23.9 Å². The van der Waals surface area contributed by atoms with E-state index in [1.807, 2.05) is 30.5 Å². The molecule has 0 aliphatic heterocycles. The molecule has 0 saturated heterocycles. The molecule has 1 fully saturated rings. The Kier molecular flexibility index (Phi) is 6.34. The van der Waals surface area contributed by atoms with Gasteiger partial charge in [0, 0.05) is 23.9 Å². The molecule has 186 valence electrons. The number of hydrogen-bond donors (Lipinski definition) is 1. The van der Waals surface area contributed by atoms with Crippen molar-refractivity contribution in [3.63, 3.8) is 0 Å². The second kappa shape index (κ2) is 9.46. The summed E-state index contributed by atoms with van der Waals surface area (Å²) in [4.78, 5) is 30.6. The molecule has 3 aromatic heterocycles. The largest absolute Gasteiger partial charge is 0.470 e. The van der Waals surface area contributed by atoms with Crippen molar-refractivity contribution in [1.29, 1.82) is 0 Å². The number of carbonyl (C=O) groups excluding carboxylic acids is 1. The molecule has 0 spiro atoms. The second-order valence-electron chi connectivity index (χ2n) is 9.43. The van der Waals surface area contributed by atoms with Crippen molar-refractivity contribution in [2.24, 2.45) is 0 Å². The standard InChI is InChI=1S/C26H26ClFN6O2/c1-15-6-9-29-18(10-15)13-34-22(19-5-4-17(11-20(19)27)24(35)30-12-16(2)28)33-21-23(34)31-14-32-25(21)36-26(3)7-8-26/h4-6,9-11,14,16H,7-8,12-13H2,1-3H3,(H,30,35)/t16-/m0/s1. The summed E-state index contributed by atoms with van der Waals surface area (Å²) in [7, 11) is 0. The average Bonchev–Trinajstić information content (AvgIpc) is 3.45. The van der Waals surface area contributed by atoms with Gasteiger partial charge in [-0.2, -0.15) is 4.98 Å². The molecule has 1 aromatic carbocycles. The summed E-state index contributed by atoms with van der Waals surface area (Å²) in [6.07, 6.45) is 4.00. The van der Waals surface area contributed by atoms with Crippen LogP contribution < -0.4 is 10.1 Å². The zero-order valence-corrected chi connectivity index (χ0v) is 21.0. The number of halogens is 2. The summed E-state index contributed by atoms with van der Waals surface area (Å²) in [5.41, 5.74) is 3.74. The van der Waals surface area contributed by atoms with E-state index in [0.29, 0.717) is 45.6 Å². The molecular formula is C26H26ClFN6O2. The maximum atomic E-state index is 13.2. The summed E-state index contributed by atoms with van der Waals surface area (Å²) >= 11 is 6.66. The molecule has 1 N–H and O–H groups in total. The summed E-state index contributed by atoms with van der Waals surface area (Å²) < 4.78 is 21.2. The molecule has 36 heavy (non-hydrogen) atoms. The Balaban J connectivity index is 1.59. The Morgan fingerprint density at radius 1 is 1.25 bits per heavy atom. The van der Waals surface area contributed by atoms with Gasteiger partial charge in [-0.3, -0.25) is 9.78 Å². The van der Waals surface area contributed by atoms with Gasteiger partial charge in [-0.15, -0.1) is 0 Å². The van der Waals surface area contributed by atoms with Crippen LogP contribution >= 0.6 is 11.6 Å². The minimum atomic E-state index is -1.14. The number of pyridine rings is 1. The number of benzene rings is 1. The van der Waals surface area contributed by atoms with Gasteiger partial charge in [0.25, 0.3) is 5.91 Å². The number of amides is 1. The maximum absolute atomic E-state index is 13.2. The van der Waals surface area contributed by atoms with Crippen LogP contribution in [0.5, 0.6) is 5.88 Å². The van der Waals surface area contributed by atoms with Crippen molar-refractivity contribution in [1.82, 2.24) is 29.8 Å². The number of imidazole rings is 1. The number of hydrogen-bond acceptors (Lipinski definition) is 6. The summed E-state index contributed by atoms with van der Waals surface area (Å²) in [5, 5.41) is 2.88. The van der Waals surface area contributed by atoms with Gasteiger partial charge in [0.2, 0.25) is 5.88 Å². The molecule has 1 saturated carbocycles. The lowest BCUT2D eigenvalue weighted by Crippen LogP contribution is -2.28. The fraction of sp³-hybridized carbons (Fsp3) is 0.346. The number of ether oxygens (including phenoxy) is 1. The molecule has 1 amide bonds. The Bertz CT molecular complexity index is 1450. The molecule has 8 nitrogen and oxygen atoms in total. The van der Waals surface area contributed by atoms with E-state index < -0.39 is 12.1 Å². The summed E-state index contributed by atoms with van der Waals surface area (Å²) in [5.74, 6) is 0.572. The monoisotopic (exact) mass is 508 g/mol. The number of fused-ring (bicyclic) bond motifs is 1. The van der Waals surface area contributed by atoms with E-state index in [2.05, 4.69) is 20.3 Å². The van der Waals surface area contributed by atoms with Gasteiger partial charge in [0.15, 0.2) is 11.2 Å². The number of aryl methyl sites for hydroxylation is 1. The Morgan fingerprint density at radius 3 is 2.75 bits per heavy atom. The SMILES string of the molecule is Cc1ccnc(Cn2c(-c3ccc(C(=O)NC[C@H](C)F)cc3Cl)nc3c(OC4(C)CC4)ncnc32)c1. The lowest BCUT2D eigenvalue weighted by atomic mass is 10.1. The van der Waals surface area contributed by atoms with E-state index in [1.54, 1.807) is 24.4 Å². The van der Waals surface area contributed by atoms with Crippen LogP contribution in [-0.2, 0) is 6.54 Å². The first-order chi connectivity index (χ1) is 17.2. The Labute approximate surface area is 212 Å². The summed E-state index contributed by atoms with van der Waals surface area (Å²) in [6.45, 7) is 5.76. The smallest absolute Gasteiger partial charge is 0.251 e. The quantitative estimate of drug-likeness (QED) is 0.363. The van der Waals surface area contributed by atoms with Gasteiger partial charge in [-0.1, -0.05) is 11.6 Å². The number of carbonyl (C=O) groups is 1. The summed E-state index contributed by atoms with van der Waals surface area (Å²) in [6, 6.07) is 8.86. The molecule has 10 heteroatoms. The maximum Gasteiger partial charge on any atom is 0.251 e. The van der Waals surface area contributed by atoms with Crippen LogP contribution in [0.1, 0.15) is 48.3 Å². The number of rotatable bonds is 8. The molecule has 1 aliphatic rings. The van der Waals surface area contributed by atoms with Crippen LogP contribution in [0.4, 0.5) is 4.39 Å². The molecule has 4 aromatic rings. The van der Waals surface area contributed by atoms with E-state index in [9.17, 15) is 9.18 Å². The highest BCUT2D eigenvalue weighted by atomic mass is 35.5. The van der Waals surface area contributed by atoms with Crippen LogP contribution in [0.25, 0.3) is 22.6 Å². The highest BCUT2D eigenvalue weighted by Crippen LogP contribution is 2.41. The topological polar surface area (TPSA) is 94.8 Å². The van der Waals surface area contributed by atoms with Crippen LogP contribution in [0.15, 0.2) is 42.9 Å². The van der Waals surface area contributed by atoms with Crippen LogP contribution in [-0.4, -0.2) is 48.7 Å². The van der Waals surface area contributed by atoms with E-state index in [4.69, 9.17) is 21.3 Å². The molecule has 1 atom stereocenters. The van der Waals surface area contributed by atoms with Crippen molar-refractivity contribution < 1.29 is 13.9 Å². The molecule has 5 rings (SSSR count). The van der Waals surface area contributed by atoms with Gasteiger partial charge in [-0.25, -0.2) is 14.4 Å². The van der Waals surface area contributed by atoms with E-state index in [-0.39, 0.29) is 12.1 Å². The van der Waals surface area contributed by atoms with Gasteiger partial charge < -0.3 is 14.6 Å². The predicted octanol–water partition coefficient (Wildman–Crippen LogP) is 4.92. The van der Waals surface area contributed by atoms with Crippen LogP contribution in [0.2, 0.25) is 5.02 Å². The van der Waals surface area contributed by atoms with Crippen molar-refractivity contribution in [2.75, 3.05) is 6.54 Å². The first-order valence-corrected chi connectivity index (χ1v) is 12.1. The van der Waals surface area contributed by atoms with Crippen molar-refractivity contribution >= 4 is 28.7 Å². The molecule has 0 unspecified atom stereocenters. The third-order valence-corrected chi connectivity index (χ3v) is 6.42. The Morgan fingerprint density at radius 2 is 2.06 bits per heavy atom. The molecule has 0 bridgehead atoms. The average molecular weight is 509 g/mol. The minimum Gasteiger partial charge on any atom is -0.470 e. The molecular weight excluding hydrogens is 483 g/mol. The first-order valence-electron chi connectivity index (χ1n) is 11.8. The third-order valence-electron chi connectivity index (χ3n) is 6.10. The second-order valence-corrected chi connectivity index (χ2v) is 9.84. The third kappa shape index (κ3) is 5.02. The zero-order valence-electron chi connectivity index (χ0n) is 20.3. The highest BCUT2D eigenvalue weighted by molar-refractivity contribution is 6.33. The molecule has 3 heterocycles. The van der Waals surface area contributed by atoms with Crippen molar-refractivity contribution in [3.8, 4) is 17.3 Å². The number of nitrogens with zero attached hydrogens (tertiary/aromatic N) is 5. The van der Waals surface area contributed by atoms with E-state index in [0.717, 1.165) is 24.1 Å². The van der Waals surface area contributed by atoms with Crippen LogP contribution in [0, 0.1) is 6.92 Å². The van der Waals surface area contributed by atoms with Crippen molar-refractivity contribution in [2.45, 2.75) is 51.9 Å². The highest BCUT2D eigenvalue weighted by Gasteiger charge is 2.41. The molecule has 1 aliphatic carbocycles. The fourth-order valence-corrected chi connectivity index (χ4v) is 4.14. The van der Waals surface area contributed by atoms with Gasteiger partial charge in [-0.05, 0) is 69.5 Å². The van der Waals surface area contributed by atoms with Crippen molar-refractivity contribution in [3.05, 3.63) is 64.7 Å². The van der Waals surface area contributed by atoms with Gasteiger partial charge >= 0.3 is 0 Å². The Hall–Kier alpha value is -3.59. The first kappa shape index (κ1) is 24.1. The fourth-order valence-electron chi connectivity index (χ4n) is 3.88. The lowest BCUT2D eigenvalue weighted by Gasteiger charge is -2.12. The predicted molar refractivity (Wildman–Crippen MR) is 135 cm³/mol.